The number of piperazine rings is 1. The number of hydrogen-bond acceptors (Lipinski definition) is 5. The van der Waals surface area contributed by atoms with Gasteiger partial charge in [-0.3, -0.25) is 14.8 Å². The molecule has 1 atom stereocenters. The molecule has 4 rings (SSSR count). The Kier molecular flexibility index (Phi) is 9.43. The van der Waals surface area contributed by atoms with Crippen LogP contribution in [-0.4, -0.2) is 78.7 Å². The molecule has 2 fully saturated rings. The van der Waals surface area contributed by atoms with Gasteiger partial charge in [0.05, 0.1) is 11.7 Å². The summed E-state index contributed by atoms with van der Waals surface area (Å²) in [6.45, 7) is 7.80. The van der Waals surface area contributed by atoms with Gasteiger partial charge in [0.25, 0.3) is 0 Å². The van der Waals surface area contributed by atoms with Gasteiger partial charge in [0.1, 0.15) is 6.26 Å². The summed E-state index contributed by atoms with van der Waals surface area (Å²) >= 11 is 6.29. The molecular weight excluding hydrogens is 527 g/mol. The summed E-state index contributed by atoms with van der Waals surface area (Å²) < 4.78 is 4.94. The Labute approximate surface area is 206 Å². The molecular formula is C22H32ClIN6O. The van der Waals surface area contributed by atoms with Gasteiger partial charge in [-0.05, 0) is 43.6 Å². The molecule has 0 saturated carbocycles. The number of aromatic nitrogens is 1. The molecule has 0 radical (unpaired) electrons. The smallest absolute Gasteiger partial charge is 0.193 e. The van der Waals surface area contributed by atoms with Crippen LogP contribution >= 0.6 is 35.6 Å². The van der Waals surface area contributed by atoms with Crippen LogP contribution in [0.2, 0.25) is 5.02 Å². The molecule has 0 spiro atoms. The fourth-order valence-electron chi connectivity index (χ4n) is 4.41. The third-order valence-electron chi connectivity index (χ3n) is 6.03. The van der Waals surface area contributed by atoms with Crippen molar-refractivity contribution in [3.05, 3.63) is 52.9 Å². The molecule has 2 aliphatic rings. The predicted molar refractivity (Wildman–Crippen MR) is 135 cm³/mol. The summed E-state index contributed by atoms with van der Waals surface area (Å²) in [5.74, 6) is 0.974. The molecule has 0 amide bonds. The van der Waals surface area contributed by atoms with Crippen LogP contribution < -0.4 is 5.32 Å². The van der Waals surface area contributed by atoms with E-state index in [9.17, 15) is 0 Å². The number of nitrogens with zero attached hydrogens (tertiary/aromatic N) is 5. The van der Waals surface area contributed by atoms with Crippen molar-refractivity contribution in [1.82, 2.24) is 25.2 Å². The van der Waals surface area contributed by atoms with Crippen LogP contribution in [0.15, 0.2) is 46.1 Å². The Bertz CT molecular complexity index is 819. The third kappa shape index (κ3) is 6.57. The van der Waals surface area contributed by atoms with E-state index in [1.807, 2.05) is 25.2 Å². The highest BCUT2D eigenvalue weighted by molar-refractivity contribution is 14.0. The van der Waals surface area contributed by atoms with Gasteiger partial charge in [-0.25, -0.2) is 0 Å². The lowest BCUT2D eigenvalue weighted by atomic mass is 10.1. The standard InChI is InChI=1S/C22H31ClN6O.HI/c1-24-22(29-12-10-27(11-13-29)17-20-7-14-30-26-20)25-16-21(28-8-2-3-9-28)18-5-4-6-19(23)15-18;/h4-7,14-15,21H,2-3,8-13,16-17H2,1H3,(H,24,25);1H. The molecule has 1 N–H and O–H groups in total. The zero-order valence-corrected chi connectivity index (χ0v) is 21.1. The van der Waals surface area contributed by atoms with Gasteiger partial charge in [0.2, 0.25) is 0 Å². The molecule has 7 nitrogen and oxygen atoms in total. The first-order chi connectivity index (χ1) is 14.7. The largest absolute Gasteiger partial charge is 0.364 e. The van der Waals surface area contributed by atoms with Gasteiger partial charge in [-0.1, -0.05) is 28.9 Å². The fraction of sp³-hybridized carbons (Fsp3) is 0.545. The number of halogens is 2. The van der Waals surface area contributed by atoms with Gasteiger partial charge in [0.15, 0.2) is 5.96 Å². The summed E-state index contributed by atoms with van der Waals surface area (Å²) in [4.78, 5) is 11.9. The van der Waals surface area contributed by atoms with E-state index in [2.05, 4.69) is 42.3 Å². The van der Waals surface area contributed by atoms with E-state index in [-0.39, 0.29) is 24.0 Å². The van der Waals surface area contributed by atoms with E-state index in [0.29, 0.717) is 6.04 Å². The summed E-state index contributed by atoms with van der Waals surface area (Å²) in [7, 11) is 1.87. The SMILES string of the molecule is CN=C(NCC(c1cccc(Cl)c1)N1CCCC1)N1CCN(Cc2ccon2)CC1.I. The molecule has 3 heterocycles. The molecule has 9 heteroatoms. The third-order valence-corrected chi connectivity index (χ3v) is 6.26. The molecule has 0 aliphatic carbocycles. The molecule has 1 aromatic heterocycles. The van der Waals surface area contributed by atoms with Gasteiger partial charge >= 0.3 is 0 Å². The van der Waals surface area contributed by atoms with Gasteiger partial charge in [-0.15, -0.1) is 24.0 Å². The normalized spacial score (nSPS) is 19.3. The van der Waals surface area contributed by atoms with Crippen molar-refractivity contribution in [1.29, 1.82) is 0 Å². The minimum Gasteiger partial charge on any atom is -0.364 e. The first kappa shape index (κ1) is 24.3. The highest BCUT2D eigenvalue weighted by atomic mass is 127. The predicted octanol–water partition coefficient (Wildman–Crippen LogP) is 3.48. The van der Waals surface area contributed by atoms with Crippen LogP contribution in [-0.2, 0) is 6.54 Å². The van der Waals surface area contributed by atoms with E-state index >= 15 is 0 Å². The van der Waals surface area contributed by atoms with Crippen molar-refractivity contribution in [2.45, 2.75) is 25.4 Å². The average molecular weight is 559 g/mol. The maximum atomic E-state index is 6.29. The molecule has 2 saturated heterocycles. The number of hydrogen-bond donors (Lipinski definition) is 1. The Hall–Kier alpha value is -1.36. The zero-order valence-electron chi connectivity index (χ0n) is 18.0. The lowest BCUT2D eigenvalue weighted by Gasteiger charge is -2.37. The lowest BCUT2D eigenvalue weighted by Crippen LogP contribution is -2.53. The number of likely N-dealkylation sites (tertiary alicyclic amines) is 1. The van der Waals surface area contributed by atoms with Crippen LogP contribution in [0.4, 0.5) is 0 Å². The van der Waals surface area contributed by atoms with Crippen LogP contribution in [0, 0.1) is 0 Å². The highest BCUT2D eigenvalue weighted by Gasteiger charge is 2.25. The van der Waals surface area contributed by atoms with Crippen molar-refractivity contribution >= 4 is 41.5 Å². The van der Waals surface area contributed by atoms with E-state index in [0.717, 1.165) is 69.0 Å². The van der Waals surface area contributed by atoms with Gasteiger partial charge in [-0.2, -0.15) is 0 Å². The summed E-state index contributed by atoms with van der Waals surface area (Å²) in [6, 6.07) is 10.5. The molecule has 1 unspecified atom stereocenters. The zero-order chi connectivity index (χ0) is 20.8. The summed E-state index contributed by atoms with van der Waals surface area (Å²) in [5.41, 5.74) is 2.26. The van der Waals surface area contributed by atoms with Crippen LogP contribution in [0.25, 0.3) is 0 Å². The van der Waals surface area contributed by atoms with Crippen molar-refractivity contribution in [2.24, 2.45) is 4.99 Å². The summed E-state index contributed by atoms with van der Waals surface area (Å²) in [5, 5.41) is 8.46. The molecule has 1 aromatic carbocycles. The van der Waals surface area contributed by atoms with E-state index in [1.165, 1.54) is 18.4 Å². The Morgan fingerprint density at radius 3 is 2.58 bits per heavy atom. The minimum atomic E-state index is 0. The van der Waals surface area contributed by atoms with Gasteiger partial charge < -0.3 is 14.7 Å². The first-order valence-corrected chi connectivity index (χ1v) is 11.2. The minimum absolute atomic E-state index is 0. The van der Waals surface area contributed by atoms with Crippen LogP contribution in [0.3, 0.4) is 0 Å². The molecule has 2 aliphatic heterocycles. The van der Waals surface area contributed by atoms with Crippen molar-refractivity contribution in [3.63, 3.8) is 0 Å². The highest BCUT2D eigenvalue weighted by Crippen LogP contribution is 2.26. The molecule has 170 valence electrons. The quantitative estimate of drug-likeness (QED) is 0.333. The molecule has 0 bridgehead atoms. The number of guanidine groups is 1. The second-order valence-corrected chi connectivity index (χ2v) is 8.43. The van der Waals surface area contributed by atoms with Crippen LogP contribution in [0.1, 0.15) is 30.1 Å². The average Bonchev–Trinajstić information content (AvgIpc) is 3.47. The lowest BCUT2D eigenvalue weighted by molar-refractivity contribution is 0.167. The number of nitrogens with one attached hydrogen (secondary N) is 1. The summed E-state index contributed by atoms with van der Waals surface area (Å²) in [6.07, 6.45) is 4.16. The maximum absolute atomic E-state index is 6.29. The topological polar surface area (TPSA) is 60.1 Å². The monoisotopic (exact) mass is 558 g/mol. The molecule has 31 heavy (non-hydrogen) atoms. The maximum Gasteiger partial charge on any atom is 0.193 e. The fourth-order valence-corrected chi connectivity index (χ4v) is 4.61. The Morgan fingerprint density at radius 1 is 1.16 bits per heavy atom. The van der Waals surface area contributed by atoms with E-state index < -0.39 is 0 Å². The second-order valence-electron chi connectivity index (χ2n) is 8.00. The first-order valence-electron chi connectivity index (χ1n) is 10.8. The van der Waals surface area contributed by atoms with Crippen LogP contribution in [0.5, 0.6) is 0 Å². The Morgan fingerprint density at radius 2 is 1.94 bits per heavy atom. The van der Waals surface area contributed by atoms with Crippen molar-refractivity contribution in [2.75, 3.05) is 52.9 Å². The molecule has 2 aromatic rings. The number of benzene rings is 1. The van der Waals surface area contributed by atoms with Crippen molar-refractivity contribution in [3.8, 4) is 0 Å². The number of rotatable bonds is 6. The van der Waals surface area contributed by atoms with E-state index in [4.69, 9.17) is 16.1 Å². The van der Waals surface area contributed by atoms with E-state index in [1.54, 1.807) is 6.26 Å². The Balaban J connectivity index is 0.00000272. The van der Waals surface area contributed by atoms with Gasteiger partial charge in [0, 0.05) is 57.4 Å². The number of aliphatic imine (C=N–C) groups is 1. The van der Waals surface area contributed by atoms with Crippen molar-refractivity contribution < 1.29 is 4.52 Å². The second kappa shape index (κ2) is 12.0.